The van der Waals surface area contributed by atoms with Crippen LogP contribution in [0.1, 0.15) is 34.1 Å². The number of rotatable bonds is 0. The first-order valence-electron chi connectivity index (χ1n) is 4.32. The summed E-state index contributed by atoms with van der Waals surface area (Å²) < 4.78 is 0. The van der Waals surface area contributed by atoms with E-state index >= 15 is 0 Å². The maximum Gasteiger partial charge on any atom is 0.211 e. The van der Waals surface area contributed by atoms with Crippen LogP contribution in [-0.4, -0.2) is 17.3 Å². The average molecular weight is 182 g/mol. The summed E-state index contributed by atoms with van der Waals surface area (Å²) in [5.74, 6) is -1.10. The van der Waals surface area contributed by atoms with E-state index in [-0.39, 0.29) is 12.2 Å². The maximum absolute atomic E-state index is 11.8. The van der Waals surface area contributed by atoms with Crippen molar-refractivity contribution in [3.63, 3.8) is 0 Å². The van der Waals surface area contributed by atoms with Crippen LogP contribution >= 0.6 is 0 Å². The summed E-state index contributed by atoms with van der Waals surface area (Å²) in [4.78, 5) is 34.4. The smallest absolute Gasteiger partial charge is 0.211 e. The first kappa shape index (κ1) is 10.1. The molecule has 0 heterocycles. The van der Waals surface area contributed by atoms with Gasteiger partial charge in [-0.25, -0.2) is 0 Å². The van der Waals surface area contributed by atoms with Crippen molar-refractivity contribution < 1.29 is 14.4 Å². The van der Waals surface area contributed by atoms with Gasteiger partial charge in [-0.3, -0.25) is 14.4 Å². The Labute approximate surface area is 77.5 Å². The van der Waals surface area contributed by atoms with E-state index in [1.165, 1.54) is 13.8 Å². The highest BCUT2D eigenvalue weighted by atomic mass is 16.2. The molecule has 1 aliphatic carbocycles. The molecule has 0 atom stereocenters. The van der Waals surface area contributed by atoms with E-state index in [1.54, 1.807) is 13.8 Å². The fraction of sp³-hybridized carbons (Fsp3) is 0.700. The van der Waals surface area contributed by atoms with E-state index in [2.05, 4.69) is 0 Å². The molecule has 0 aromatic carbocycles. The van der Waals surface area contributed by atoms with E-state index in [0.717, 1.165) is 0 Å². The van der Waals surface area contributed by atoms with Crippen molar-refractivity contribution in [1.29, 1.82) is 0 Å². The van der Waals surface area contributed by atoms with Crippen molar-refractivity contribution in [3.8, 4) is 0 Å². The summed E-state index contributed by atoms with van der Waals surface area (Å²) in [5, 5.41) is 0. The minimum absolute atomic E-state index is 0.0497. The second kappa shape index (κ2) is 2.50. The van der Waals surface area contributed by atoms with Gasteiger partial charge in [0, 0.05) is 11.8 Å². The maximum atomic E-state index is 11.8. The third-order valence-corrected chi connectivity index (χ3v) is 2.61. The highest BCUT2D eigenvalue weighted by Gasteiger charge is 2.52. The van der Waals surface area contributed by atoms with Gasteiger partial charge < -0.3 is 0 Å². The zero-order chi connectivity index (χ0) is 10.4. The summed E-state index contributed by atoms with van der Waals surface area (Å²) in [5.41, 5.74) is -1.81. The Morgan fingerprint density at radius 3 is 1.92 bits per heavy atom. The van der Waals surface area contributed by atoms with Gasteiger partial charge in [0.2, 0.25) is 5.78 Å². The summed E-state index contributed by atoms with van der Waals surface area (Å²) in [7, 11) is 0. The summed E-state index contributed by atoms with van der Waals surface area (Å²) in [6.07, 6.45) is 0.0497. The quantitative estimate of drug-likeness (QED) is 0.417. The van der Waals surface area contributed by atoms with Crippen LogP contribution in [-0.2, 0) is 14.4 Å². The number of hydrogen-bond acceptors (Lipinski definition) is 3. The van der Waals surface area contributed by atoms with Gasteiger partial charge in [-0.15, -0.1) is 0 Å². The predicted molar refractivity (Wildman–Crippen MR) is 47.2 cm³/mol. The van der Waals surface area contributed by atoms with Crippen LogP contribution in [0.4, 0.5) is 0 Å². The molecular formula is C10H14O3. The Morgan fingerprint density at radius 2 is 1.46 bits per heavy atom. The Morgan fingerprint density at radius 1 is 1.00 bits per heavy atom. The molecule has 1 fully saturated rings. The number of ketones is 3. The standard InChI is InChI=1S/C10H14O3/c1-9(2)5-6(11)7(12)10(3,4)8(9)13/h5H2,1-4H3. The molecule has 0 bridgehead atoms. The number of carbonyl (C=O) groups excluding carboxylic acids is 3. The van der Waals surface area contributed by atoms with Crippen molar-refractivity contribution in [2.24, 2.45) is 10.8 Å². The molecule has 0 aromatic heterocycles. The van der Waals surface area contributed by atoms with Gasteiger partial charge in [-0.05, 0) is 13.8 Å². The molecule has 0 aliphatic heterocycles. The molecule has 1 rings (SSSR count). The Bertz CT molecular complexity index is 297. The Kier molecular flexibility index (Phi) is 1.94. The van der Waals surface area contributed by atoms with Crippen LogP contribution in [0.5, 0.6) is 0 Å². The molecule has 1 saturated carbocycles. The van der Waals surface area contributed by atoms with Crippen molar-refractivity contribution in [2.45, 2.75) is 34.1 Å². The Hall–Kier alpha value is -0.990. The minimum atomic E-state index is -1.13. The Balaban J connectivity index is 3.18. The van der Waals surface area contributed by atoms with Crippen LogP contribution in [0.2, 0.25) is 0 Å². The molecule has 72 valence electrons. The molecule has 3 heteroatoms. The molecule has 0 N–H and O–H groups in total. The van der Waals surface area contributed by atoms with E-state index in [0.29, 0.717) is 0 Å². The normalized spacial score (nSPS) is 26.3. The molecule has 3 nitrogen and oxygen atoms in total. The van der Waals surface area contributed by atoms with Crippen molar-refractivity contribution in [1.82, 2.24) is 0 Å². The van der Waals surface area contributed by atoms with Crippen LogP contribution in [0.3, 0.4) is 0 Å². The second-order valence-corrected chi connectivity index (χ2v) is 4.77. The lowest BCUT2D eigenvalue weighted by molar-refractivity contribution is -0.156. The molecule has 0 unspecified atom stereocenters. The average Bonchev–Trinajstić information content (AvgIpc) is 1.98. The van der Waals surface area contributed by atoms with Gasteiger partial charge in [-0.1, -0.05) is 13.8 Å². The first-order valence-corrected chi connectivity index (χ1v) is 4.32. The van der Waals surface area contributed by atoms with Gasteiger partial charge in [0.15, 0.2) is 11.6 Å². The molecule has 13 heavy (non-hydrogen) atoms. The van der Waals surface area contributed by atoms with Gasteiger partial charge in [0.1, 0.15) is 0 Å². The van der Waals surface area contributed by atoms with E-state index in [9.17, 15) is 14.4 Å². The molecule has 0 radical (unpaired) electrons. The van der Waals surface area contributed by atoms with Gasteiger partial charge in [-0.2, -0.15) is 0 Å². The van der Waals surface area contributed by atoms with Gasteiger partial charge >= 0.3 is 0 Å². The minimum Gasteiger partial charge on any atom is -0.298 e. The molecule has 0 saturated heterocycles. The summed E-state index contributed by atoms with van der Waals surface area (Å²) in [6, 6.07) is 0. The molecule has 0 amide bonds. The SMILES string of the molecule is CC1(C)CC(=O)C(=O)C(C)(C)C1=O. The van der Waals surface area contributed by atoms with Crippen LogP contribution in [0.15, 0.2) is 0 Å². The zero-order valence-corrected chi connectivity index (χ0v) is 8.43. The molecular weight excluding hydrogens is 168 g/mol. The first-order chi connectivity index (χ1) is 5.69. The lowest BCUT2D eigenvalue weighted by Crippen LogP contribution is -2.51. The van der Waals surface area contributed by atoms with Crippen LogP contribution in [0, 0.1) is 10.8 Å². The fourth-order valence-electron chi connectivity index (χ4n) is 1.86. The lowest BCUT2D eigenvalue weighted by atomic mass is 9.63. The highest BCUT2D eigenvalue weighted by Crippen LogP contribution is 2.38. The topological polar surface area (TPSA) is 51.2 Å². The zero-order valence-electron chi connectivity index (χ0n) is 8.43. The predicted octanol–water partition coefficient (Wildman–Crippen LogP) is 1.15. The number of carbonyl (C=O) groups is 3. The third kappa shape index (κ3) is 1.32. The van der Waals surface area contributed by atoms with E-state index in [4.69, 9.17) is 0 Å². The van der Waals surface area contributed by atoms with Crippen molar-refractivity contribution >= 4 is 17.3 Å². The highest BCUT2D eigenvalue weighted by molar-refractivity contribution is 6.45. The monoisotopic (exact) mass is 182 g/mol. The van der Waals surface area contributed by atoms with E-state index < -0.39 is 22.4 Å². The summed E-state index contributed by atoms with van der Waals surface area (Å²) in [6.45, 7) is 6.47. The lowest BCUT2D eigenvalue weighted by Gasteiger charge is -2.36. The fourth-order valence-corrected chi connectivity index (χ4v) is 1.86. The largest absolute Gasteiger partial charge is 0.298 e. The van der Waals surface area contributed by atoms with Crippen molar-refractivity contribution in [3.05, 3.63) is 0 Å². The summed E-state index contributed by atoms with van der Waals surface area (Å²) >= 11 is 0. The number of hydrogen-bond donors (Lipinski definition) is 0. The van der Waals surface area contributed by atoms with Crippen molar-refractivity contribution in [2.75, 3.05) is 0 Å². The number of Topliss-reactive ketones (excluding diaryl/α,β-unsaturated/α-hetero) is 3. The molecule has 1 aliphatic rings. The van der Waals surface area contributed by atoms with Crippen LogP contribution in [0.25, 0.3) is 0 Å². The third-order valence-electron chi connectivity index (χ3n) is 2.61. The molecule has 0 aromatic rings. The molecule has 0 spiro atoms. The second-order valence-electron chi connectivity index (χ2n) is 4.77. The van der Waals surface area contributed by atoms with E-state index in [1.807, 2.05) is 0 Å². The van der Waals surface area contributed by atoms with Crippen LogP contribution < -0.4 is 0 Å². The van der Waals surface area contributed by atoms with Gasteiger partial charge in [0.25, 0.3) is 0 Å². The van der Waals surface area contributed by atoms with Gasteiger partial charge in [0.05, 0.1) is 5.41 Å².